The molecule has 15 heavy (non-hydrogen) atoms. The van der Waals surface area contributed by atoms with Gasteiger partial charge in [-0.05, 0) is 13.0 Å². The van der Waals surface area contributed by atoms with Gasteiger partial charge < -0.3 is 10.1 Å². The Morgan fingerprint density at radius 2 is 2.40 bits per heavy atom. The molecule has 0 unspecified atom stereocenters. The Hall–Kier alpha value is -0.0900. The second kappa shape index (κ2) is 6.48. The molecule has 0 aromatic carbocycles. The van der Waals surface area contributed by atoms with E-state index in [0.717, 1.165) is 38.7 Å². The fourth-order valence-electron chi connectivity index (χ4n) is 2.39. The van der Waals surface area contributed by atoms with Gasteiger partial charge in [-0.1, -0.05) is 6.08 Å². The molecule has 0 bridgehead atoms. The highest BCUT2D eigenvalue weighted by Gasteiger charge is 2.29. The molecule has 2 rings (SSSR count). The number of nitrogens with zero attached hydrogens (tertiary/aromatic N) is 1. The molecule has 4 heteroatoms. The summed E-state index contributed by atoms with van der Waals surface area (Å²) in [5, 5.41) is 3.39. The average Bonchev–Trinajstić information content (AvgIpc) is 2.40. The standard InChI is InChI=1S/C11H20N2O.ClH/c1-2-5-13-6-7-14-11-8-12-4-3-10(11)9-13;/h2,10-12H,1,3-9H2;1H/t10-,11-;/m0./s1. The number of fused-ring (bicyclic) bond motifs is 1. The van der Waals surface area contributed by atoms with Gasteiger partial charge in [0.25, 0.3) is 0 Å². The summed E-state index contributed by atoms with van der Waals surface area (Å²) in [7, 11) is 0. The van der Waals surface area contributed by atoms with Gasteiger partial charge in [0.05, 0.1) is 12.7 Å². The van der Waals surface area contributed by atoms with Crippen LogP contribution in [0.25, 0.3) is 0 Å². The zero-order valence-electron chi connectivity index (χ0n) is 9.15. The van der Waals surface area contributed by atoms with Crippen LogP contribution in [0.4, 0.5) is 0 Å². The van der Waals surface area contributed by atoms with E-state index in [1.807, 2.05) is 6.08 Å². The molecule has 0 aromatic rings. The lowest BCUT2D eigenvalue weighted by Gasteiger charge is -2.31. The molecule has 1 N–H and O–H groups in total. The van der Waals surface area contributed by atoms with Crippen molar-refractivity contribution in [3.63, 3.8) is 0 Å². The normalized spacial score (nSPS) is 32.3. The van der Waals surface area contributed by atoms with E-state index in [-0.39, 0.29) is 12.4 Å². The highest BCUT2D eigenvalue weighted by molar-refractivity contribution is 5.85. The Morgan fingerprint density at radius 3 is 3.20 bits per heavy atom. The molecule has 3 nitrogen and oxygen atoms in total. The van der Waals surface area contributed by atoms with Crippen molar-refractivity contribution in [1.82, 2.24) is 10.2 Å². The van der Waals surface area contributed by atoms with Crippen molar-refractivity contribution in [2.75, 3.05) is 39.3 Å². The lowest BCUT2D eigenvalue weighted by atomic mass is 9.94. The van der Waals surface area contributed by atoms with Crippen LogP contribution in [0.15, 0.2) is 12.7 Å². The topological polar surface area (TPSA) is 24.5 Å². The fourth-order valence-corrected chi connectivity index (χ4v) is 2.39. The number of ether oxygens (including phenoxy) is 1. The van der Waals surface area contributed by atoms with E-state index in [0.29, 0.717) is 6.10 Å². The molecule has 2 aliphatic heterocycles. The minimum atomic E-state index is 0. The molecule has 2 heterocycles. The van der Waals surface area contributed by atoms with Crippen molar-refractivity contribution in [3.05, 3.63) is 12.7 Å². The molecular formula is C11H21ClN2O. The minimum Gasteiger partial charge on any atom is -0.375 e. The molecular weight excluding hydrogens is 212 g/mol. The summed E-state index contributed by atoms with van der Waals surface area (Å²) < 4.78 is 5.84. The SMILES string of the molecule is C=CCN1CCO[C@H]2CNCC[C@H]2C1.Cl. The fraction of sp³-hybridized carbons (Fsp3) is 0.818. The number of rotatable bonds is 2. The van der Waals surface area contributed by atoms with E-state index in [1.165, 1.54) is 13.0 Å². The Bertz CT molecular complexity index is 201. The second-order valence-corrected chi connectivity index (χ2v) is 4.21. The van der Waals surface area contributed by atoms with Crippen LogP contribution in [0.2, 0.25) is 0 Å². The Morgan fingerprint density at radius 1 is 1.53 bits per heavy atom. The summed E-state index contributed by atoms with van der Waals surface area (Å²) in [4.78, 5) is 2.45. The quantitative estimate of drug-likeness (QED) is 0.717. The van der Waals surface area contributed by atoms with Crippen LogP contribution in [0.5, 0.6) is 0 Å². The largest absolute Gasteiger partial charge is 0.375 e. The van der Waals surface area contributed by atoms with Crippen molar-refractivity contribution in [1.29, 1.82) is 0 Å². The Labute approximate surface area is 98.3 Å². The van der Waals surface area contributed by atoms with E-state index in [1.54, 1.807) is 0 Å². The maximum atomic E-state index is 5.84. The monoisotopic (exact) mass is 232 g/mol. The zero-order valence-corrected chi connectivity index (χ0v) is 9.97. The predicted octanol–water partition coefficient (Wildman–Crippen LogP) is 0.904. The highest BCUT2D eigenvalue weighted by Crippen LogP contribution is 2.19. The number of hydrogen-bond acceptors (Lipinski definition) is 3. The molecule has 0 saturated carbocycles. The van der Waals surface area contributed by atoms with Crippen molar-refractivity contribution in [2.45, 2.75) is 12.5 Å². The van der Waals surface area contributed by atoms with Crippen LogP contribution in [-0.2, 0) is 4.74 Å². The van der Waals surface area contributed by atoms with Gasteiger partial charge in [-0.15, -0.1) is 19.0 Å². The summed E-state index contributed by atoms with van der Waals surface area (Å²) in [6.45, 7) is 10.1. The smallest absolute Gasteiger partial charge is 0.0740 e. The van der Waals surface area contributed by atoms with Crippen LogP contribution < -0.4 is 5.32 Å². The van der Waals surface area contributed by atoms with E-state index in [2.05, 4.69) is 16.8 Å². The maximum absolute atomic E-state index is 5.84. The van der Waals surface area contributed by atoms with Crippen LogP contribution >= 0.6 is 12.4 Å². The van der Waals surface area contributed by atoms with Crippen LogP contribution in [-0.4, -0.2) is 50.3 Å². The minimum absolute atomic E-state index is 0. The molecule has 2 aliphatic rings. The third-order valence-electron chi connectivity index (χ3n) is 3.18. The second-order valence-electron chi connectivity index (χ2n) is 4.21. The van der Waals surface area contributed by atoms with Crippen molar-refractivity contribution < 1.29 is 4.74 Å². The van der Waals surface area contributed by atoms with Crippen molar-refractivity contribution >= 4 is 12.4 Å². The third kappa shape index (κ3) is 3.45. The lowest BCUT2D eigenvalue weighted by Crippen LogP contribution is -2.44. The van der Waals surface area contributed by atoms with Gasteiger partial charge in [0.1, 0.15) is 0 Å². The summed E-state index contributed by atoms with van der Waals surface area (Å²) >= 11 is 0. The van der Waals surface area contributed by atoms with Gasteiger partial charge in [-0.25, -0.2) is 0 Å². The maximum Gasteiger partial charge on any atom is 0.0740 e. The molecule has 0 spiro atoms. The first-order valence-electron chi connectivity index (χ1n) is 5.55. The van der Waals surface area contributed by atoms with Gasteiger partial charge in [0.15, 0.2) is 0 Å². The van der Waals surface area contributed by atoms with E-state index >= 15 is 0 Å². The zero-order chi connectivity index (χ0) is 9.80. The molecule has 0 radical (unpaired) electrons. The van der Waals surface area contributed by atoms with Crippen LogP contribution in [0.3, 0.4) is 0 Å². The van der Waals surface area contributed by atoms with Gasteiger partial charge in [0.2, 0.25) is 0 Å². The molecule has 0 aliphatic carbocycles. The number of piperidine rings is 1. The van der Waals surface area contributed by atoms with E-state index in [9.17, 15) is 0 Å². The van der Waals surface area contributed by atoms with E-state index < -0.39 is 0 Å². The lowest BCUT2D eigenvalue weighted by molar-refractivity contribution is 0.0179. The van der Waals surface area contributed by atoms with Crippen molar-refractivity contribution in [2.24, 2.45) is 5.92 Å². The third-order valence-corrected chi connectivity index (χ3v) is 3.18. The van der Waals surface area contributed by atoms with Crippen LogP contribution in [0.1, 0.15) is 6.42 Å². The summed E-state index contributed by atoms with van der Waals surface area (Å²) in [5.74, 6) is 0.721. The first-order chi connectivity index (χ1) is 6.90. The molecule has 88 valence electrons. The summed E-state index contributed by atoms with van der Waals surface area (Å²) in [5.41, 5.74) is 0. The molecule has 0 aromatic heterocycles. The van der Waals surface area contributed by atoms with Crippen molar-refractivity contribution in [3.8, 4) is 0 Å². The summed E-state index contributed by atoms with van der Waals surface area (Å²) in [6, 6.07) is 0. The molecule has 0 amide bonds. The highest BCUT2D eigenvalue weighted by atomic mass is 35.5. The summed E-state index contributed by atoms with van der Waals surface area (Å²) in [6.07, 6.45) is 3.68. The first-order valence-corrected chi connectivity index (χ1v) is 5.55. The first kappa shape index (κ1) is 13.0. The molecule has 2 saturated heterocycles. The van der Waals surface area contributed by atoms with Gasteiger partial charge in [0, 0.05) is 32.1 Å². The van der Waals surface area contributed by atoms with Gasteiger partial charge in [-0.3, -0.25) is 4.90 Å². The number of nitrogens with one attached hydrogen (secondary N) is 1. The Balaban J connectivity index is 0.00000112. The van der Waals surface area contributed by atoms with Gasteiger partial charge in [-0.2, -0.15) is 0 Å². The Kier molecular flexibility index (Phi) is 5.61. The van der Waals surface area contributed by atoms with E-state index in [4.69, 9.17) is 4.74 Å². The van der Waals surface area contributed by atoms with Gasteiger partial charge >= 0.3 is 0 Å². The number of hydrogen-bond donors (Lipinski definition) is 1. The molecule has 2 fully saturated rings. The average molecular weight is 233 g/mol. The number of halogens is 1. The predicted molar refractivity (Wildman–Crippen MR) is 64.6 cm³/mol. The van der Waals surface area contributed by atoms with Crippen LogP contribution in [0, 0.1) is 5.92 Å². The molecule has 2 atom stereocenters.